The summed E-state index contributed by atoms with van der Waals surface area (Å²) in [6.45, 7) is -0.162. The van der Waals surface area contributed by atoms with Gasteiger partial charge < -0.3 is 4.90 Å². The number of Topliss-reactive ketones (excluding diaryl/α,β-unsaturated/α-hetero) is 1. The SMILES string of the molecule is O=C(c1c(F)cc(F)cc1F)C1CCN(C(=O)C2CCN(CC(F)(F)F)CC2)CC1. The third-order valence-electron chi connectivity index (χ3n) is 5.77. The summed E-state index contributed by atoms with van der Waals surface area (Å²) in [6.07, 6.45) is -3.17. The summed E-state index contributed by atoms with van der Waals surface area (Å²) in [4.78, 5) is 28.0. The second kappa shape index (κ2) is 8.95. The number of carbonyl (C=O) groups excluding carboxylic acids is 2. The summed E-state index contributed by atoms with van der Waals surface area (Å²) in [5.41, 5.74) is -0.766. The predicted molar refractivity (Wildman–Crippen MR) is 95.2 cm³/mol. The minimum atomic E-state index is -4.27. The molecule has 1 amide bonds. The van der Waals surface area contributed by atoms with Crippen LogP contribution >= 0.6 is 0 Å². The zero-order valence-corrected chi connectivity index (χ0v) is 16.2. The maximum atomic E-state index is 13.9. The predicted octanol–water partition coefficient (Wildman–Crippen LogP) is 3.80. The van der Waals surface area contributed by atoms with Gasteiger partial charge in [-0.15, -0.1) is 0 Å². The highest BCUT2D eigenvalue weighted by Gasteiger charge is 2.36. The van der Waals surface area contributed by atoms with Crippen molar-refractivity contribution in [3.05, 3.63) is 35.1 Å². The van der Waals surface area contributed by atoms with Crippen LogP contribution in [0.3, 0.4) is 0 Å². The Labute approximate surface area is 169 Å². The third kappa shape index (κ3) is 5.33. The van der Waals surface area contributed by atoms with Crippen molar-refractivity contribution in [1.29, 1.82) is 0 Å². The van der Waals surface area contributed by atoms with Crippen LogP contribution in [0.25, 0.3) is 0 Å². The molecule has 4 nitrogen and oxygen atoms in total. The molecule has 2 fully saturated rings. The minimum Gasteiger partial charge on any atom is -0.342 e. The van der Waals surface area contributed by atoms with E-state index in [-0.39, 0.29) is 50.8 Å². The summed E-state index contributed by atoms with van der Waals surface area (Å²) in [5, 5.41) is 0. The molecule has 0 saturated carbocycles. The highest BCUT2D eigenvalue weighted by molar-refractivity contribution is 5.98. The third-order valence-corrected chi connectivity index (χ3v) is 5.77. The lowest BCUT2D eigenvalue weighted by molar-refractivity contribution is -0.151. The number of carbonyl (C=O) groups is 2. The quantitative estimate of drug-likeness (QED) is 0.533. The average Bonchev–Trinajstić information content (AvgIpc) is 2.66. The number of hydrogen-bond acceptors (Lipinski definition) is 3. The van der Waals surface area contributed by atoms with Gasteiger partial charge in [-0.25, -0.2) is 13.2 Å². The zero-order chi connectivity index (χ0) is 22.1. The van der Waals surface area contributed by atoms with E-state index in [1.807, 2.05) is 0 Å². The van der Waals surface area contributed by atoms with Gasteiger partial charge in [0.1, 0.15) is 17.5 Å². The highest BCUT2D eigenvalue weighted by Crippen LogP contribution is 2.28. The molecule has 2 heterocycles. The fourth-order valence-corrected chi connectivity index (χ4v) is 4.19. The molecule has 0 bridgehead atoms. The molecule has 1 aromatic rings. The second-order valence-electron chi connectivity index (χ2n) is 7.87. The normalized spacial score (nSPS) is 19.9. The first-order chi connectivity index (χ1) is 14.0. The molecule has 0 aliphatic carbocycles. The fourth-order valence-electron chi connectivity index (χ4n) is 4.19. The molecule has 2 aliphatic heterocycles. The lowest BCUT2D eigenvalue weighted by Gasteiger charge is -2.37. The van der Waals surface area contributed by atoms with Gasteiger partial charge in [0, 0.05) is 37.1 Å². The van der Waals surface area contributed by atoms with Gasteiger partial charge in [0.15, 0.2) is 5.78 Å². The Kier molecular flexibility index (Phi) is 6.74. The first-order valence-electron chi connectivity index (χ1n) is 9.82. The molecule has 2 saturated heterocycles. The summed E-state index contributed by atoms with van der Waals surface area (Å²) >= 11 is 0. The number of amides is 1. The van der Waals surface area contributed by atoms with Crippen LogP contribution in [0.15, 0.2) is 12.1 Å². The van der Waals surface area contributed by atoms with Crippen molar-refractivity contribution < 1.29 is 35.9 Å². The van der Waals surface area contributed by atoms with Crippen LogP contribution in [0.2, 0.25) is 0 Å². The molecule has 0 atom stereocenters. The van der Waals surface area contributed by atoms with Crippen LogP contribution in [0.1, 0.15) is 36.0 Å². The van der Waals surface area contributed by atoms with Crippen LogP contribution in [-0.2, 0) is 4.79 Å². The standard InChI is InChI=1S/C20H22F6N2O2/c21-14-9-15(22)17(16(23)10-14)18(29)12-3-7-28(8-4-12)19(30)13-1-5-27(6-2-13)11-20(24,25)26/h9-10,12-13H,1-8,11H2. The average molecular weight is 436 g/mol. The van der Waals surface area contributed by atoms with Crippen molar-refractivity contribution in [2.45, 2.75) is 31.9 Å². The first-order valence-corrected chi connectivity index (χ1v) is 9.82. The Morgan fingerprint density at radius 1 is 0.867 bits per heavy atom. The second-order valence-corrected chi connectivity index (χ2v) is 7.87. The highest BCUT2D eigenvalue weighted by atomic mass is 19.4. The van der Waals surface area contributed by atoms with E-state index < -0.39 is 47.4 Å². The Hall–Kier alpha value is -2.10. The van der Waals surface area contributed by atoms with Crippen molar-refractivity contribution >= 4 is 11.7 Å². The Bertz CT molecular complexity index is 774. The number of piperidine rings is 2. The summed E-state index contributed by atoms with van der Waals surface area (Å²) in [7, 11) is 0. The van der Waals surface area contributed by atoms with E-state index in [1.165, 1.54) is 4.90 Å². The van der Waals surface area contributed by atoms with Gasteiger partial charge in [0.05, 0.1) is 12.1 Å². The maximum Gasteiger partial charge on any atom is 0.401 e. The Balaban J connectivity index is 1.52. The Morgan fingerprint density at radius 3 is 1.87 bits per heavy atom. The van der Waals surface area contributed by atoms with Gasteiger partial charge in [-0.05, 0) is 38.8 Å². The van der Waals surface area contributed by atoms with E-state index in [2.05, 4.69) is 0 Å². The van der Waals surface area contributed by atoms with Gasteiger partial charge in [-0.1, -0.05) is 0 Å². The molecule has 0 unspecified atom stereocenters. The van der Waals surface area contributed by atoms with E-state index >= 15 is 0 Å². The number of halogens is 6. The van der Waals surface area contributed by atoms with Gasteiger partial charge in [0.25, 0.3) is 0 Å². The Morgan fingerprint density at radius 2 is 1.37 bits per heavy atom. The van der Waals surface area contributed by atoms with Crippen LogP contribution < -0.4 is 0 Å². The van der Waals surface area contributed by atoms with Crippen LogP contribution in [0.5, 0.6) is 0 Å². The fraction of sp³-hybridized carbons (Fsp3) is 0.600. The lowest BCUT2D eigenvalue weighted by Crippen LogP contribution is -2.47. The van der Waals surface area contributed by atoms with Gasteiger partial charge in [-0.2, -0.15) is 13.2 Å². The molecule has 30 heavy (non-hydrogen) atoms. The zero-order valence-electron chi connectivity index (χ0n) is 16.2. The van der Waals surface area contributed by atoms with Gasteiger partial charge >= 0.3 is 6.18 Å². The molecular weight excluding hydrogens is 414 g/mol. The summed E-state index contributed by atoms with van der Waals surface area (Å²) in [5.74, 6) is -5.57. The smallest absolute Gasteiger partial charge is 0.342 e. The van der Waals surface area contributed by atoms with Crippen LogP contribution in [-0.4, -0.2) is 60.4 Å². The van der Waals surface area contributed by atoms with Crippen molar-refractivity contribution in [2.75, 3.05) is 32.7 Å². The van der Waals surface area contributed by atoms with Crippen molar-refractivity contribution in [2.24, 2.45) is 11.8 Å². The van der Waals surface area contributed by atoms with E-state index in [4.69, 9.17) is 0 Å². The van der Waals surface area contributed by atoms with E-state index in [1.54, 1.807) is 4.90 Å². The molecule has 0 N–H and O–H groups in total. The molecule has 0 radical (unpaired) electrons. The summed E-state index contributed by atoms with van der Waals surface area (Å²) in [6, 6.07) is 0.917. The van der Waals surface area contributed by atoms with Crippen molar-refractivity contribution in [1.82, 2.24) is 9.80 Å². The molecular formula is C20H22F6N2O2. The maximum absolute atomic E-state index is 13.9. The van der Waals surface area contributed by atoms with Gasteiger partial charge in [0.2, 0.25) is 5.91 Å². The van der Waals surface area contributed by atoms with Crippen LogP contribution in [0, 0.1) is 29.3 Å². The van der Waals surface area contributed by atoms with Crippen molar-refractivity contribution in [3.8, 4) is 0 Å². The largest absolute Gasteiger partial charge is 0.401 e. The van der Waals surface area contributed by atoms with E-state index in [0.717, 1.165) is 0 Å². The molecule has 3 rings (SSSR count). The summed E-state index contributed by atoms with van der Waals surface area (Å²) < 4.78 is 78.2. The number of likely N-dealkylation sites (tertiary alicyclic amines) is 2. The van der Waals surface area contributed by atoms with E-state index in [9.17, 15) is 35.9 Å². The van der Waals surface area contributed by atoms with Crippen molar-refractivity contribution in [3.63, 3.8) is 0 Å². The molecule has 0 spiro atoms. The number of rotatable bonds is 4. The monoisotopic (exact) mass is 436 g/mol. The molecule has 1 aromatic carbocycles. The topological polar surface area (TPSA) is 40.6 Å². The van der Waals surface area contributed by atoms with Crippen LogP contribution in [0.4, 0.5) is 26.3 Å². The number of nitrogens with zero attached hydrogens (tertiary/aromatic N) is 2. The molecule has 166 valence electrons. The molecule has 0 aromatic heterocycles. The number of hydrogen-bond donors (Lipinski definition) is 0. The number of ketones is 1. The van der Waals surface area contributed by atoms with Gasteiger partial charge in [-0.3, -0.25) is 14.5 Å². The number of alkyl halides is 3. The minimum absolute atomic E-state index is 0.160. The first kappa shape index (κ1) is 22.6. The lowest BCUT2D eigenvalue weighted by atomic mass is 9.87. The van der Waals surface area contributed by atoms with E-state index in [0.29, 0.717) is 25.0 Å². The molecule has 10 heteroatoms. The number of benzene rings is 1. The molecule has 2 aliphatic rings.